The number of hydrogen-bond donors (Lipinski definition) is 10. The van der Waals surface area contributed by atoms with Gasteiger partial charge in [-0.2, -0.15) is 0 Å². The summed E-state index contributed by atoms with van der Waals surface area (Å²) in [6.45, 7) is 9.35. The molecule has 0 radical (unpaired) electrons. The molecule has 1 aromatic carbocycles. The molecule has 28 heteroatoms. The van der Waals surface area contributed by atoms with Gasteiger partial charge in [-0.3, -0.25) is 44.3 Å². The van der Waals surface area contributed by atoms with Crippen molar-refractivity contribution in [3.05, 3.63) is 59.4 Å². The Morgan fingerprint density at radius 1 is 0.704 bits per heavy atom. The van der Waals surface area contributed by atoms with Gasteiger partial charge in [0, 0.05) is 62.2 Å². The highest BCUT2D eigenvalue weighted by Crippen LogP contribution is 2.25. The Labute approximate surface area is 476 Å². The lowest BCUT2D eigenvalue weighted by molar-refractivity contribution is -0.133. The number of guanidine groups is 2. The van der Waals surface area contributed by atoms with Gasteiger partial charge in [0.1, 0.15) is 23.6 Å². The van der Waals surface area contributed by atoms with E-state index < -0.39 is 23.9 Å². The largest absolute Gasteiger partial charge is 0.379 e. The average Bonchev–Trinajstić information content (AvgIpc) is 4.08. The van der Waals surface area contributed by atoms with Gasteiger partial charge >= 0.3 is 0 Å². The number of pyridine rings is 1. The van der Waals surface area contributed by atoms with Crippen LogP contribution in [0, 0.1) is 12.8 Å². The van der Waals surface area contributed by atoms with E-state index in [1.165, 1.54) is 11.3 Å². The van der Waals surface area contributed by atoms with Crippen molar-refractivity contribution in [2.45, 2.75) is 76.9 Å². The predicted octanol–water partition coefficient (Wildman–Crippen LogP) is 0.304. The molecule has 0 spiro atoms. The zero-order valence-corrected chi connectivity index (χ0v) is 47.2. The van der Waals surface area contributed by atoms with Crippen molar-refractivity contribution < 1.29 is 52.4 Å². The number of thiazole rings is 1. The van der Waals surface area contributed by atoms with Crippen molar-refractivity contribution in [1.29, 1.82) is 0 Å². The van der Waals surface area contributed by atoms with E-state index in [2.05, 4.69) is 61.4 Å². The maximum Gasteiger partial charge on any atom is 0.257 e. The summed E-state index contributed by atoms with van der Waals surface area (Å²) < 4.78 is 35.5. The molecule has 14 N–H and O–H groups in total. The topological polar surface area (TPSA) is 385 Å². The van der Waals surface area contributed by atoms with E-state index in [9.17, 15) is 24.0 Å². The summed E-state index contributed by atoms with van der Waals surface area (Å²) in [6, 6.07) is 9.19. The van der Waals surface area contributed by atoms with Gasteiger partial charge in [-0.1, -0.05) is 6.07 Å². The Kier molecular flexibility index (Phi) is 30.4. The van der Waals surface area contributed by atoms with Crippen LogP contribution in [0.5, 0.6) is 0 Å². The molecule has 81 heavy (non-hydrogen) atoms. The van der Waals surface area contributed by atoms with Crippen LogP contribution in [-0.2, 0) is 54.1 Å². The lowest BCUT2D eigenvalue weighted by Gasteiger charge is -2.26. The molecule has 4 heterocycles. The smallest absolute Gasteiger partial charge is 0.257 e. The van der Waals surface area contributed by atoms with Gasteiger partial charge in [0.15, 0.2) is 17.1 Å². The number of aliphatic imine (C=N–C) groups is 2. The number of fused-ring (bicyclic) bond motifs is 1. The van der Waals surface area contributed by atoms with Gasteiger partial charge in [-0.05, 0) is 95.3 Å². The SMILES string of the molecule is Cc1nc2cc(C(=O)Nc3nc(-c4ccccn4)cs3)ccc2n1CCCNC(=O)CCOCCOCCOCCOCCOCCOCCNC(=O)[C@H](CCCN=C(N)N)NC(=O)[C@H](CCCN=C(N)N)NC(=O)C1CCNCC1. The second-order valence-electron chi connectivity index (χ2n) is 18.7. The zero-order chi connectivity index (χ0) is 57.9. The second kappa shape index (κ2) is 37.9. The molecule has 1 saturated heterocycles. The normalized spacial score (nSPS) is 13.2. The fourth-order valence-electron chi connectivity index (χ4n) is 8.29. The first kappa shape index (κ1) is 64.9. The van der Waals surface area contributed by atoms with Crippen LogP contribution in [0.4, 0.5) is 5.13 Å². The quantitative estimate of drug-likeness (QED) is 0.0162. The van der Waals surface area contributed by atoms with E-state index in [-0.39, 0.29) is 87.7 Å². The highest BCUT2D eigenvalue weighted by molar-refractivity contribution is 7.14. The van der Waals surface area contributed by atoms with E-state index in [1.807, 2.05) is 36.6 Å². The van der Waals surface area contributed by atoms with Gasteiger partial charge in [-0.15, -0.1) is 11.3 Å². The Morgan fingerprint density at radius 3 is 1.91 bits per heavy atom. The van der Waals surface area contributed by atoms with Gasteiger partial charge in [0.2, 0.25) is 23.6 Å². The van der Waals surface area contributed by atoms with Gasteiger partial charge in [-0.25, -0.2) is 9.97 Å². The number of nitrogens with two attached hydrogens (primary N) is 4. The third kappa shape index (κ3) is 25.6. The fraction of sp³-hybridized carbons (Fsp3) is 0.585. The number of aryl methyl sites for hydroxylation is 2. The van der Waals surface area contributed by atoms with E-state index in [1.54, 1.807) is 18.3 Å². The number of benzene rings is 1. The summed E-state index contributed by atoms with van der Waals surface area (Å²) in [5.74, 6) is -1.05. The number of piperidine rings is 1. The molecule has 0 unspecified atom stereocenters. The Hall–Kier alpha value is -6.92. The Bertz CT molecular complexity index is 2570. The van der Waals surface area contributed by atoms with Crippen molar-refractivity contribution >= 4 is 69.0 Å². The first-order valence-corrected chi connectivity index (χ1v) is 28.3. The molecule has 0 bridgehead atoms. The number of rotatable bonds is 41. The number of anilines is 1. The van der Waals surface area contributed by atoms with Crippen LogP contribution in [0.3, 0.4) is 0 Å². The highest BCUT2D eigenvalue weighted by atomic mass is 32.1. The molecular formula is C53H82N16O11S. The van der Waals surface area contributed by atoms with Gasteiger partial charge in [0.05, 0.1) is 96.0 Å². The van der Waals surface area contributed by atoms with Crippen molar-refractivity contribution in [3.8, 4) is 11.4 Å². The minimum absolute atomic E-state index is 0.0692. The summed E-state index contributed by atoms with van der Waals surface area (Å²) in [5.41, 5.74) is 25.4. The Morgan fingerprint density at radius 2 is 1.31 bits per heavy atom. The minimum Gasteiger partial charge on any atom is -0.379 e. The molecule has 1 aliphatic heterocycles. The van der Waals surface area contributed by atoms with Crippen LogP contribution in [-0.4, -0.2) is 192 Å². The average molecular weight is 1150 g/mol. The van der Waals surface area contributed by atoms with Crippen LogP contribution in [0.2, 0.25) is 0 Å². The van der Waals surface area contributed by atoms with Gasteiger partial charge < -0.3 is 82.5 Å². The van der Waals surface area contributed by atoms with E-state index in [4.69, 9.17) is 51.4 Å². The van der Waals surface area contributed by atoms with E-state index in [0.717, 1.165) is 17.0 Å². The number of carbonyl (C=O) groups excluding carboxylic acids is 5. The molecule has 1 aliphatic rings. The molecule has 446 valence electrons. The summed E-state index contributed by atoms with van der Waals surface area (Å²) >= 11 is 1.34. The highest BCUT2D eigenvalue weighted by Gasteiger charge is 2.29. The molecule has 4 aromatic rings. The number of ether oxygens (including phenoxy) is 6. The molecule has 27 nitrogen and oxygen atoms in total. The van der Waals surface area contributed by atoms with Crippen LogP contribution in [0.25, 0.3) is 22.4 Å². The van der Waals surface area contributed by atoms with Crippen molar-refractivity contribution in [1.82, 2.24) is 46.1 Å². The third-order valence-corrected chi connectivity index (χ3v) is 13.2. The van der Waals surface area contributed by atoms with Crippen LogP contribution in [0.1, 0.15) is 67.5 Å². The van der Waals surface area contributed by atoms with Crippen molar-refractivity contribution in [2.75, 3.05) is 124 Å². The number of hydrogen-bond acceptors (Lipinski definition) is 18. The molecule has 5 rings (SSSR count). The lowest BCUT2D eigenvalue weighted by atomic mass is 9.96. The van der Waals surface area contributed by atoms with Crippen LogP contribution < -0.4 is 54.8 Å². The molecule has 5 amide bonds. The first-order valence-electron chi connectivity index (χ1n) is 27.5. The summed E-state index contributed by atoms with van der Waals surface area (Å²) in [6.07, 6.45) is 5.30. The monoisotopic (exact) mass is 1150 g/mol. The minimum atomic E-state index is -0.922. The number of nitrogens with one attached hydrogen (secondary N) is 6. The molecule has 3 aromatic heterocycles. The third-order valence-electron chi connectivity index (χ3n) is 12.5. The maximum absolute atomic E-state index is 13.6. The number of nitrogens with zero attached hydrogens (tertiary/aromatic N) is 6. The number of imidazole rings is 1. The molecule has 1 fully saturated rings. The van der Waals surface area contributed by atoms with E-state index in [0.29, 0.717) is 146 Å². The van der Waals surface area contributed by atoms with Crippen molar-refractivity contribution in [3.63, 3.8) is 0 Å². The molecule has 2 atom stereocenters. The molecule has 0 saturated carbocycles. The lowest BCUT2D eigenvalue weighted by Crippen LogP contribution is -2.55. The first-order chi connectivity index (χ1) is 39.4. The number of carbonyl (C=O) groups is 5. The molecular weight excluding hydrogens is 1070 g/mol. The second-order valence-corrected chi connectivity index (χ2v) is 19.5. The summed E-state index contributed by atoms with van der Waals surface area (Å²) in [7, 11) is 0. The number of amides is 5. The maximum atomic E-state index is 13.6. The fourth-order valence-corrected chi connectivity index (χ4v) is 8.99. The van der Waals surface area contributed by atoms with Crippen LogP contribution >= 0.6 is 11.3 Å². The van der Waals surface area contributed by atoms with Crippen molar-refractivity contribution in [2.24, 2.45) is 38.8 Å². The predicted molar refractivity (Wildman–Crippen MR) is 307 cm³/mol. The number of aromatic nitrogens is 4. The van der Waals surface area contributed by atoms with E-state index >= 15 is 0 Å². The summed E-state index contributed by atoms with van der Waals surface area (Å²) in [4.78, 5) is 86.8. The molecule has 0 aliphatic carbocycles. The standard InChI is InChI=1S/C53H82N16O11S/c1-37-64-43-35-39(48(72)68-53-67-44(36-81-53)40-7-2-3-15-59-40)10-11-45(43)69(37)22-6-18-60-46(70)14-23-75-25-27-77-29-31-79-33-34-80-32-30-78-28-26-76-24-21-61-49(73)41(8-4-16-62-51(54)55)66-50(74)42(9-5-17-63-52(56)57)65-47(71)38-12-19-58-20-13-38/h2-3,7,10-11,15,35-36,38,41-42,58H,4-6,8-9,12-14,16-34H2,1H3,(H,60,70)(H,61,73)(H,65,71)(H,66,74)(H4,54,55,62)(H4,56,57,63)(H,67,68,72)/t41-,42-/m0/s1. The van der Waals surface area contributed by atoms with Crippen LogP contribution in [0.15, 0.2) is 58.0 Å². The summed E-state index contributed by atoms with van der Waals surface area (Å²) in [5, 5.41) is 19.9. The zero-order valence-electron chi connectivity index (χ0n) is 46.3. The van der Waals surface area contributed by atoms with Gasteiger partial charge in [0.25, 0.3) is 5.91 Å². The Balaban J connectivity index is 0.816.